The summed E-state index contributed by atoms with van der Waals surface area (Å²) in [4.78, 5) is 23.3. The zero-order chi connectivity index (χ0) is 15.4. The summed E-state index contributed by atoms with van der Waals surface area (Å²) in [5.41, 5.74) is 1.33. The van der Waals surface area contributed by atoms with E-state index in [1.54, 1.807) is 11.3 Å². The van der Waals surface area contributed by atoms with Gasteiger partial charge in [0.25, 0.3) is 5.56 Å². The second-order valence-corrected chi connectivity index (χ2v) is 5.91. The number of carbonyl (C=O) groups is 1. The van der Waals surface area contributed by atoms with Crippen LogP contribution in [0.2, 0.25) is 0 Å². The van der Waals surface area contributed by atoms with Crippen molar-refractivity contribution in [1.29, 1.82) is 0 Å². The van der Waals surface area contributed by atoms with Crippen LogP contribution in [0.5, 0.6) is 0 Å². The SMILES string of the molecule is COC(=O)Cn1ncc(NC(C)c2ccsc2)c(Br)c1=O. The van der Waals surface area contributed by atoms with E-state index in [9.17, 15) is 9.59 Å². The number of methoxy groups -OCH3 is 1. The van der Waals surface area contributed by atoms with Crippen molar-refractivity contribution in [2.45, 2.75) is 19.5 Å². The van der Waals surface area contributed by atoms with E-state index in [0.717, 1.165) is 10.2 Å². The number of hydrogen-bond donors (Lipinski definition) is 1. The molecule has 8 heteroatoms. The zero-order valence-electron chi connectivity index (χ0n) is 11.5. The Kier molecular flexibility index (Phi) is 5.13. The number of anilines is 1. The molecular weight excluding hydrogens is 358 g/mol. The van der Waals surface area contributed by atoms with Crippen LogP contribution in [0.4, 0.5) is 5.69 Å². The van der Waals surface area contributed by atoms with E-state index in [1.807, 2.05) is 23.8 Å². The van der Waals surface area contributed by atoms with Crippen LogP contribution in [-0.4, -0.2) is 22.9 Å². The van der Waals surface area contributed by atoms with E-state index >= 15 is 0 Å². The van der Waals surface area contributed by atoms with Gasteiger partial charge in [0.05, 0.1) is 19.0 Å². The molecule has 112 valence electrons. The first kappa shape index (κ1) is 15.7. The van der Waals surface area contributed by atoms with Crippen molar-refractivity contribution in [1.82, 2.24) is 9.78 Å². The van der Waals surface area contributed by atoms with Crippen LogP contribution < -0.4 is 10.9 Å². The number of esters is 1. The van der Waals surface area contributed by atoms with E-state index in [2.05, 4.69) is 31.1 Å². The Morgan fingerprint density at radius 2 is 2.38 bits per heavy atom. The van der Waals surface area contributed by atoms with Crippen LogP contribution >= 0.6 is 27.3 Å². The molecule has 0 aliphatic heterocycles. The minimum Gasteiger partial charge on any atom is -0.468 e. The molecule has 2 rings (SSSR count). The van der Waals surface area contributed by atoms with Gasteiger partial charge in [-0.15, -0.1) is 0 Å². The van der Waals surface area contributed by atoms with Crippen molar-refractivity contribution in [2.24, 2.45) is 0 Å². The molecule has 0 aromatic carbocycles. The highest BCUT2D eigenvalue weighted by Crippen LogP contribution is 2.24. The predicted molar refractivity (Wildman–Crippen MR) is 84.6 cm³/mol. The summed E-state index contributed by atoms with van der Waals surface area (Å²) in [5.74, 6) is -0.524. The maximum atomic E-state index is 12.1. The van der Waals surface area contributed by atoms with E-state index in [-0.39, 0.29) is 18.1 Å². The molecule has 0 radical (unpaired) electrons. The van der Waals surface area contributed by atoms with E-state index in [4.69, 9.17) is 0 Å². The number of nitrogens with one attached hydrogen (secondary N) is 1. The number of aromatic nitrogens is 2. The molecule has 21 heavy (non-hydrogen) atoms. The average molecular weight is 372 g/mol. The zero-order valence-corrected chi connectivity index (χ0v) is 13.9. The molecule has 0 saturated carbocycles. The molecule has 0 fully saturated rings. The number of hydrogen-bond acceptors (Lipinski definition) is 6. The molecular formula is C13H14BrN3O3S. The highest BCUT2D eigenvalue weighted by Gasteiger charge is 2.14. The minimum atomic E-state index is -0.524. The monoisotopic (exact) mass is 371 g/mol. The van der Waals surface area contributed by atoms with Gasteiger partial charge in [-0.2, -0.15) is 16.4 Å². The van der Waals surface area contributed by atoms with Crippen molar-refractivity contribution in [3.05, 3.63) is 43.4 Å². The van der Waals surface area contributed by atoms with Gasteiger partial charge in [0.1, 0.15) is 11.0 Å². The Bertz CT molecular complexity index is 684. The number of carbonyl (C=O) groups excluding carboxylic acids is 1. The lowest BCUT2D eigenvalue weighted by atomic mass is 10.2. The van der Waals surface area contributed by atoms with Crippen LogP contribution in [0.25, 0.3) is 0 Å². The van der Waals surface area contributed by atoms with Gasteiger partial charge in [0, 0.05) is 6.04 Å². The second kappa shape index (κ2) is 6.86. The summed E-state index contributed by atoms with van der Waals surface area (Å²) in [6.45, 7) is 1.78. The number of ether oxygens (including phenoxy) is 1. The van der Waals surface area contributed by atoms with Gasteiger partial charge in [-0.25, -0.2) is 4.68 Å². The van der Waals surface area contributed by atoms with Crippen molar-refractivity contribution < 1.29 is 9.53 Å². The topological polar surface area (TPSA) is 73.2 Å². The van der Waals surface area contributed by atoms with Crippen LogP contribution in [-0.2, 0) is 16.1 Å². The lowest BCUT2D eigenvalue weighted by Gasteiger charge is -2.15. The van der Waals surface area contributed by atoms with Crippen LogP contribution in [0.3, 0.4) is 0 Å². The average Bonchev–Trinajstić information content (AvgIpc) is 3.01. The summed E-state index contributed by atoms with van der Waals surface area (Å²) in [7, 11) is 1.26. The molecule has 0 amide bonds. The van der Waals surface area contributed by atoms with Crippen LogP contribution in [0.15, 0.2) is 32.3 Å². The minimum absolute atomic E-state index is 0.0465. The van der Waals surface area contributed by atoms with Crippen molar-refractivity contribution >= 4 is 38.9 Å². The number of nitrogens with zero attached hydrogens (tertiary/aromatic N) is 2. The fraction of sp³-hybridized carbons (Fsp3) is 0.308. The van der Waals surface area contributed by atoms with Gasteiger partial charge in [-0.05, 0) is 45.2 Å². The molecule has 0 aliphatic carbocycles. The molecule has 2 aromatic heterocycles. The molecule has 0 spiro atoms. The maximum absolute atomic E-state index is 12.1. The lowest BCUT2D eigenvalue weighted by molar-refractivity contribution is -0.141. The highest BCUT2D eigenvalue weighted by molar-refractivity contribution is 9.10. The van der Waals surface area contributed by atoms with Crippen molar-refractivity contribution in [3.63, 3.8) is 0 Å². The van der Waals surface area contributed by atoms with Crippen molar-refractivity contribution in [3.8, 4) is 0 Å². The quantitative estimate of drug-likeness (QED) is 0.816. The number of thiophene rings is 1. The van der Waals surface area contributed by atoms with Crippen LogP contribution in [0, 0.1) is 0 Å². The molecule has 1 atom stereocenters. The van der Waals surface area contributed by atoms with Gasteiger partial charge < -0.3 is 10.1 Å². The molecule has 6 nitrogen and oxygen atoms in total. The smallest absolute Gasteiger partial charge is 0.327 e. The Balaban J connectivity index is 2.21. The Morgan fingerprint density at radius 1 is 1.62 bits per heavy atom. The third-order valence-corrected chi connectivity index (χ3v) is 4.37. The molecule has 1 N–H and O–H groups in total. The largest absolute Gasteiger partial charge is 0.468 e. The van der Waals surface area contributed by atoms with Crippen LogP contribution in [0.1, 0.15) is 18.5 Å². The van der Waals surface area contributed by atoms with E-state index < -0.39 is 5.97 Å². The lowest BCUT2D eigenvalue weighted by Crippen LogP contribution is -2.28. The standard InChI is InChI=1S/C13H14BrN3O3S/c1-8(9-3-4-21-7-9)16-10-5-15-17(6-11(18)20-2)13(19)12(10)14/h3-5,7-8,16H,6H2,1-2H3. The molecule has 2 aromatic rings. The Labute approximate surface area is 133 Å². The first-order valence-electron chi connectivity index (χ1n) is 6.14. The molecule has 2 heterocycles. The fourth-order valence-electron chi connectivity index (χ4n) is 1.70. The maximum Gasteiger partial charge on any atom is 0.327 e. The van der Waals surface area contributed by atoms with E-state index in [0.29, 0.717) is 10.2 Å². The third-order valence-electron chi connectivity index (χ3n) is 2.91. The summed E-state index contributed by atoms with van der Waals surface area (Å²) in [5, 5.41) is 11.2. The van der Waals surface area contributed by atoms with Gasteiger partial charge in [-0.1, -0.05) is 0 Å². The fourth-order valence-corrected chi connectivity index (χ4v) is 2.88. The number of rotatable bonds is 5. The predicted octanol–water partition coefficient (Wildman–Crippen LogP) is 2.41. The van der Waals surface area contributed by atoms with E-state index in [1.165, 1.54) is 13.3 Å². The molecule has 0 saturated heterocycles. The van der Waals surface area contributed by atoms with Gasteiger partial charge in [-0.3, -0.25) is 9.59 Å². The Morgan fingerprint density at radius 3 is 3.00 bits per heavy atom. The first-order valence-corrected chi connectivity index (χ1v) is 7.87. The number of halogens is 1. The molecule has 1 unspecified atom stereocenters. The third kappa shape index (κ3) is 3.70. The van der Waals surface area contributed by atoms with Gasteiger partial charge in [0.15, 0.2) is 0 Å². The van der Waals surface area contributed by atoms with Gasteiger partial charge in [0.2, 0.25) is 0 Å². The Hall–Kier alpha value is -1.67. The molecule has 0 bridgehead atoms. The highest BCUT2D eigenvalue weighted by atomic mass is 79.9. The van der Waals surface area contributed by atoms with Gasteiger partial charge >= 0.3 is 5.97 Å². The summed E-state index contributed by atoms with van der Waals surface area (Å²) in [6.07, 6.45) is 1.51. The summed E-state index contributed by atoms with van der Waals surface area (Å²) in [6, 6.07) is 2.06. The normalized spacial score (nSPS) is 12.0. The molecule has 0 aliphatic rings. The summed E-state index contributed by atoms with van der Waals surface area (Å²) < 4.78 is 5.91. The van der Waals surface area contributed by atoms with Crippen molar-refractivity contribution in [2.75, 3.05) is 12.4 Å². The summed E-state index contributed by atoms with van der Waals surface area (Å²) >= 11 is 4.86. The first-order chi connectivity index (χ1) is 10.0. The second-order valence-electron chi connectivity index (χ2n) is 4.33.